The highest BCUT2D eigenvalue weighted by atomic mass is 35.5. The summed E-state index contributed by atoms with van der Waals surface area (Å²) < 4.78 is 27.6. The molecule has 2 unspecified atom stereocenters. The second-order valence-electron chi connectivity index (χ2n) is 5.62. The Hall–Kier alpha value is -1.15. The molecule has 1 aliphatic heterocycles. The zero-order valence-corrected chi connectivity index (χ0v) is 15.0. The van der Waals surface area contributed by atoms with E-state index in [2.05, 4.69) is 15.4 Å². The van der Waals surface area contributed by atoms with Gasteiger partial charge in [-0.25, -0.2) is 13.1 Å². The van der Waals surface area contributed by atoms with Crippen LogP contribution in [0.5, 0.6) is 0 Å². The van der Waals surface area contributed by atoms with Crippen LogP contribution >= 0.6 is 12.4 Å². The van der Waals surface area contributed by atoms with E-state index in [4.69, 9.17) is 0 Å². The Labute approximate surface area is 143 Å². The second-order valence-corrected chi connectivity index (χ2v) is 7.34. The van der Waals surface area contributed by atoms with Crippen LogP contribution in [0.25, 0.3) is 0 Å². The molecule has 23 heavy (non-hydrogen) atoms. The van der Waals surface area contributed by atoms with Crippen molar-refractivity contribution in [2.75, 3.05) is 18.4 Å². The molecule has 8 heteroatoms. The minimum Gasteiger partial charge on any atom is -0.326 e. The molecule has 1 amide bonds. The molecule has 0 spiro atoms. The summed E-state index contributed by atoms with van der Waals surface area (Å²) in [6.45, 7) is 5.43. The van der Waals surface area contributed by atoms with Crippen molar-refractivity contribution in [3.05, 3.63) is 24.3 Å². The molecular formula is C15H24ClN3O3S. The Kier molecular flexibility index (Phi) is 7.47. The van der Waals surface area contributed by atoms with Crippen molar-refractivity contribution in [1.82, 2.24) is 10.0 Å². The summed E-state index contributed by atoms with van der Waals surface area (Å²) in [5.41, 5.74) is 0.598. The number of benzene rings is 1. The lowest BCUT2D eigenvalue weighted by Crippen LogP contribution is -2.48. The maximum absolute atomic E-state index is 12.4. The van der Waals surface area contributed by atoms with Gasteiger partial charge in [-0.05, 0) is 49.7 Å². The van der Waals surface area contributed by atoms with Crippen LogP contribution in [0.2, 0.25) is 0 Å². The average Bonchev–Trinajstić information content (AvgIpc) is 2.50. The van der Waals surface area contributed by atoms with Crippen LogP contribution in [0.1, 0.15) is 26.7 Å². The standard InChI is InChI=1S/C15H23N3O3S.ClH/c1-3-15(19)17-12-4-6-13(7-5-12)22(20,21)18-14-8-9-16-10-11(14)2;/h4-7,11,14,16,18H,3,8-10H2,1-2H3,(H,17,19);1H. The van der Waals surface area contributed by atoms with Gasteiger partial charge in [0.25, 0.3) is 0 Å². The normalized spacial score (nSPS) is 21.3. The number of rotatable bonds is 5. The van der Waals surface area contributed by atoms with Gasteiger partial charge in [-0.3, -0.25) is 4.79 Å². The number of carbonyl (C=O) groups excluding carboxylic acids is 1. The molecule has 3 N–H and O–H groups in total. The van der Waals surface area contributed by atoms with Crippen molar-refractivity contribution in [2.24, 2.45) is 5.92 Å². The van der Waals surface area contributed by atoms with Crippen molar-refractivity contribution in [1.29, 1.82) is 0 Å². The Morgan fingerprint density at radius 1 is 1.30 bits per heavy atom. The summed E-state index contributed by atoms with van der Waals surface area (Å²) >= 11 is 0. The minimum absolute atomic E-state index is 0. The Bertz CT molecular complexity index is 619. The van der Waals surface area contributed by atoms with Gasteiger partial charge in [-0.2, -0.15) is 0 Å². The first-order valence-corrected chi connectivity index (χ1v) is 9.03. The summed E-state index contributed by atoms with van der Waals surface area (Å²) in [7, 11) is -3.53. The highest BCUT2D eigenvalue weighted by Gasteiger charge is 2.26. The third-order valence-electron chi connectivity index (χ3n) is 3.86. The molecule has 6 nitrogen and oxygen atoms in total. The summed E-state index contributed by atoms with van der Waals surface area (Å²) in [4.78, 5) is 11.5. The Balaban J connectivity index is 0.00000264. The first kappa shape index (κ1) is 19.9. The van der Waals surface area contributed by atoms with Crippen LogP contribution in [-0.2, 0) is 14.8 Å². The van der Waals surface area contributed by atoms with Gasteiger partial charge >= 0.3 is 0 Å². The predicted molar refractivity (Wildman–Crippen MR) is 93.4 cm³/mol. The number of hydrogen-bond acceptors (Lipinski definition) is 4. The van der Waals surface area contributed by atoms with E-state index in [9.17, 15) is 13.2 Å². The van der Waals surface area contributed by atoms with E-state index in [1.54, 1.807) is 19.1 Å². The van der Waals surface area contributed by atoms with Gasteiger partial charge in [-0.15, -0.1) is 12.4 Å². The smallest absolute Gasteiger partial charge is 0.240 e. The third-order valence-corrected chi connectivity index (χ3v) is 5.37. The topological polar surface area (TPSA) is 87.3 Å². The van der Waals surface area contributed by atoms with E-state index in [1.165, 1.54) is 12.1 Å². The summed E-state index contributed by atoms with van der Waals surface area (Å²) in [6.07, 6.45) is 1.17. The van der Waals surface area contributed by atoms with Crippen molar-refractivity contribution < 1.29 is 13.2 Å². The monoisotopic (exact) mass is 361 g/mol. The molecule has 1 heterocycles. The lowest BCUT2D eigenvalue weighted by atomic mass is 9.97. The maximum Gasteiger partial charge on any atom is 0.240 e. The number of nitrogens with one attached hydrogen (secondary N) is 3. The first-order chi connectivity index (χ1) is 10.4. The molecule has 0 bridgehead atoms. The molecule has 1 saturated heterocycles. The van der Waals surface area contributed by atoms with E-state index in [1.807, 2.05) is 6.92 Å². The van der Waals surface area contributed by atoms with Crippen molar-refractivity contribution in [3.8, 4) is 0 Å². The number of hydrogen-bond donors (Lipinski definition) is 3. The van der Waals surface area contributed by atoms with Crippen LogP contribution in [0, 0.1) is 5.92 Å². The number of carbonyl (C=O) groups is 1. The zero-order valence-electron chi connectivity index (χ0n) is 13.3. The molecular weight excluding hydrogens is 338 g/mol. The van der Waals surface area contributed by atoms with Gasteiger partial charge in [0.2, 0.25) is 15.9 Å². The van der Waals surface area contributed by atoms with Gasteiger partial charge < -0.3 is 10.6 Å². The highest BCUT2D eigenvalue weighted by molar-refractivity contribution is 7.89. The van der Waals surface area contributed by atoms with Gasteiger partial charge in [0, 0.05) is 18.2 Å². The van der Waals surface area contributed by atoms with Gasteiger partial charge in [-0.1, -0.05) is 13.8 Å². The largest absolute Gasteiger partial charge is 0.326 e. The van der Waals surface area contributed by atoms with Crippen LogP contribution in [0.15, 0.2) is 29.2 Å². The molecule has 2 rings (SSSR count). The molecule has 1 fully saturated rings. The Morgan fingerprint density at radius 3 is 2.52 bits per heavy atom. The van der Waals surface area contributed by atoms with E-state index >= 15 is 0 Å². The highest BCUT2D eigenvalue weighted by Crippen LogP contribution is 2.17. The van der Waals surface area contributed by atoms with Crippen LogP contribution in [-0.4, -0.2) is 33.5 Å². The number of piperidine rings is 1. The molecule has 1 aromatic carbocycles. The Morgan fingerprint density at radius 2 is 1.96 bits per heavy atom. The van der Waals surface area contributed by atoms with Crippen LogP contribution in [0.3, 0.4) is 0 Å². The molecule has 2 atom stereocenters. The predicted octanol–water partition coefficient (Wildman–Crippen LogP) is 1.73. The first-order valence-electron chi connectivity index (χ1n) is 7.55. The number of sulfonamides is 1. The SMILES string of the molecule is CCC(=O)Nc1ccc(S(=O)(=O)NC2CCNCC2C)cc1.Cl. The molecule has 130 valence electrons. The van der Waals surface area contributed by atoms with E-state index in [0.717, 1.165) is 19.5 Å². The number of anilines is 1. The summed E-state index contributed by atoms with van der Waals surface area (Å²) in [5.74, 6) is 0.156. The van der Waals surface area contributed by atoms with Crippen LogP contribution in [0.4, 0.5) is 5.69 Å². The quantitative estimate of drug-likeness (QED) is 0.745. The maximum atomic E-state index is 12.4. The molecule has 0 saturated carbocycles. The average molecular weight is 362 g/mol. The van der Waals surface area contributed by atoms with Gasteiger partial charge in [0.1, 0.15) is 0 Å². The fraction of sp³-hybridized carbons (Fsp3) is 0.533. The lowest BCUT2D eigenvalue weighted by molar-refractivity contribution is -0.115. The second kappa shape index (κ2) is 8.63. The zero-order chi connectivity index (χ0) is 16.2. The van der Waals surface area contributed by atoms with Gasteiger partial charge in [0.05, 0.1) is 4.90 Å². The molecule has 1 aliphatic rings. The van der Waals surface area contributed by atoms with E-state index < -0.39 is 10.0 Å². The lowest BCUT2D eigenvalue weighted by Gasteiger charge is -2.29. The molecule has 0 aliphatic carbocycles. The van der Waals surface area contributed by atoms with Crippen molar-refractivity contribution in [2.45, 2.75) is 37.6 Å². The fourth-order valence-corrected chi connectivity index (χ4v) is 3.80. The summed E-state index contributed by atoms with van der Waals surface area (Å²) in [6, 6.07) is 6.19. The molecule has 0 radical (unpaired) electrons. The fourth-order valence-electron chi connectivity index (χ4n) is 2.42. The molecule has 0 aromatic heterocycles. The van der Waals surface area contributed by atoms with E-state index in [-0.39, 0.29) is 35.2 Å². The number of amides is 1. The number of halogens is 1. The third kappa shape index (κ3) is 5.46. The molecule has 1 aromatic rings. The van der Waals surface area contributed by atoms with Crippen molar-refractivity contribution >= 4 is 34.0 Å². The van der Waals surface area contributed by atoms with Crippen LogP contribution < -0.4 is 15.4 Å². The summed E-state index contributed by atoms with van der Waals surface area (Å²) in [5, 5.41) is 5.94. The van der Waals surface area contributed by atoms with E-state index in [0.29, 0.717) is 12.1 Å². The van der Waals surface area contributed by atoms with Gasteiger partial charge in [0.15, 0.2) is 0 Å². The van der Waals surface area contributed by atoms with Crippen molar-refractivity contribution in [3.63, 3.8) is 0 Å². The minimum atomic E-state index is -3.53.